The Morgan fingerprint density at radius 2 is 1.24 bits per heavy atom. The molecule has 0 atom stereocenters. The van der Waals surface area contributed by atoms with E-state index < -0.39 is 29.1 Å². The first-order valence-corrected chi connectivity index (χ1v) is 10.5. The average Bonchev–Trinajstić information content (AvgIpc) is 2.78. The van der Waals surface area contributed by atoms with Crippen LogP contribution < -0.4 is 0 Å². The van der Waals surface area contributed by atoms with Gasteiger partial charge < -0.3 is 0 Å². The largest absolute Gasteiger partial charge is 0.207 e. The van der Waals surface area contributed by atoms with Gasteiger partial charge in [-0.15, -0.1) is 0 Å². The standard InChI is InChI=1S/C28H19F5/c1-2-17-12-25(30)23(26(31)13-17)10-6-19-4-8-20(24(29)14-19)7-3-18-5-9-21-15-27(32)28(33)16-22(21)11-18/h4-5,8-9,11-16H,2,6,10H2,1H3. The third kappa shape index (κ3) is 5.06. The minimum absolute atomic E-state index is 0.0101. The topological polar surface area (TPSA) is 0 Å². The van der Waals surface area contributed by atoms with E-state index in [0.717, 1.165) is 12.1 Å². The van der Waals surface area contributed by atoms with Crippen LogP contribution in [0.25, 0.3) is 10.8 Å². The molecule has 0 aliphatic carbocycles. The second-order valence-corrected chi connectivity index (χ2v) is 7.78. The minimum Gasteiger partial charge on any atom is -0.207 e. The third-order valence-electron chi connectivity index (χ3n) is 5.53. The van der Waals surface area contributed by atoms with Gasteiger partial charge in [-0.2, -0.15) is 0 Å². The van der Waals surface area contributed by atoms with Crippen LogP contribution in [0.5, 0.6) is 0 Å². The van der Waals surface area contributed by atoms with Crippen molar-refractivity contribution in [2.45, 2.75) is 26.2 Å². The van der Waals surface area contributed by atoms with E-state index in [0.29, 0.717) is 33.9 Å². The van der Waals surface area contributed by atoms with E-state index in [1.54, 1.807) is 24.3 Å². The highest BCUT2D eigenvalue weighted by atomic mass is 19.2. The molecular formula is C28H19F5. The van der Waals surface area contributed by atoms with Gasteiger partial charge in [0, 0.05) is 11.1 Å². The highest BCUT2D eigenvalue weighted by Gasteiger charge is 2.12. The molecule has 0 nitrogen and oxygen atoms in total. The summed E-state index contributed by atoms with van der Waals surface area (Å²) in [6.45, 7) is 1.82. The van der Waals surface area contributed by atoms with Crippen molar-refractivity contribution in [3.05, 3.63) is 118 Å². The minimum atomic E-state index is -0.949. The maximum absolute atomic E-state index is 14.5. The van der Waals surface area contributed by atoms with Gasteiger partial charge >= 0.3 is 0 Å². The zero-order valence-corrected chi connectivity index (χ0v) is 17.8. The fourth-order valence-corrected chi connectivity index (χ4v) is 3.64. The molecule has 0 aliphatic rings. The van der Waals surface area contributed by atoms with Crippen molar-refractivity contribution >= 4 is 10.8 Å². The van der Waals surface area contributed by atoms with Crippen molar-refractivity contribution in [1.82, 2.24) is 0 Å². The zero-order valence-electron chi connectivity index (χ0n) is 17.8. The van der Waals surface area contributed by atoms with Gasteiger partial charge in [-0.3, -0.25) is 0 Å². The molecule has 0 unspecified atom stereocenters. The smallest absolute Gasteiger partial charge is 0.159 e. The van der Waals surface area contributed by atoms with Gasteiger partial charge in [-0.25, -0.2) is 22.0 Å². The van der Waals surface area contributed by atoms with E-state index in [1.807, 2.05) is 6.92 Å². The molecule has 0 spiro atoms. The van der Waals surface area contributed by atoms with Crippen LogP contribution >= 0.6 is 0 Å². The Morgan fingerprint density at radius 1 is 0.576 bits per heavy atom. The first-order chi connectivity index (χ1) is 15.8. The fraction of sp³-hybridized carbons (Fsp3) is 0.143. The zero-order chi connectivity index (χ0) is 23.5. The molecule has 0 radical (unpaired) electrons. The average molecular weight is 450 g/mol. The van der Waals surface area contributed by atoms with Crippen LogP contribution in [0, 0.1) is 40.9 Å². The van der Waals surface area contributed by atoms with Gasteiger partial charge in [0.2, 0.25) is 0 Å². The summed E-state index contributed by atoms with van der Waals surface area (Å²) in [6, 6.07) is 14.2. The van der Waals surface area contributed by atoms with Gasteiger partial charge in [0.05, 0.1) is 5.56 Å². The lowest BCUT2D eigenvalue weighted by Crippen LogP contribution is -2.01. The lowest BCUT2D eigenvalue weighted by Gasteiger charge is -2.08. The number of fused-ring (bicyclic) bond motifs is 1. The Balaban J connectivity index is 1.51. The van der Waals surface area contributed by atoms with Crippen molar-refractivity contribution in [3.8, 4) is 11.8 Å². The summed E-state index contributed by atoms with van der Waals surface area (Å²) in [5, 5.41) is 1.02. The summed E-state index contributed by atoms with van der Waals surface area (Å²) in [5.41, 5.74) is 1.86. The normalized spacial score (nSPS) is 10.8. The number of benzene rings is 4. The summed E-state index contributed by atoms with van der Waals surface area (Å²) in [4.78, 5) is 0. The van der Waals surface area contributed by atoms with Gasteiger partial charge in [0.25, 0.3) is 0 Å². The first-order valence-electron chi connectivity index (χ1n) is 10.5. The van der Waals surface area contributed by atoms with Crippen molar-refractivity contribution in [2.75, 3.05) is 0 Å². The number of rotatable bonds is 4. The Bertz CT molecular complexity index is 1390. The quantitative estimate of drug-likeness (QED) is 0.226. The van der Waals surface area contributed by atoms with E-state index >= 15 is 0 Å². The van der Waals surface area contributed by atoms with Crippen LogP contribution in [-0.4, -0.2) is 0 Å². The van der Waals surface area contributed by atoms with Crippen molar-refractivity contribution in [2.24, 2.45) is 0 Å². The molecule has 0 fully saturated rings. The van der Waals surface area contributed by atoms with Crippen LogP contribution in [0.2, 0.25) is 0 Å². The van der Waals surface area contributed by atoms with Gasteiger partial charge in [-0.05, 0) is 89.7 Å². The number of aryl methyl sites for hydroxylation is 2. The molecule has 0 bridgehead atoms. The first kappa shape index (κ1) is 22.5. The predicted octanol–water partition coefficient (Wildman–Crippen LogP) is 7.28. The van der Waals surface area contributed by atoms with E-state index in [1.165, 1.54) is 24.3 Å². The van der Waals surface area contributed by atoms with Crippen molar-refractivity contribution in [1.29, 1.82) is 0 Å². The van der Waals surface area contributed by atoms with E-state index in [9.17, 15) is 22.0 Å². The molecule has 4 aromatic carbocycles. The fourth-order valence-electron chi connectivity index (χ4n) is 3.64. The molecule has 0 N–H and O–H groups in total. The van der Waals surface area contributed by atoms with E-state index in [-0.39, 0.29) is 24.0 Å². The van der Waals surface area contributed by atoms with Gasteiger partial charge in [0.15, 0.2) is 11.6 Å². The SMILES string of the molecule is CCc1cc(F)c(CCc2ccc(C#Cc3ccc4cc(F)c(F)cc4c3)c(F)c2)c(F)c1. The Morgan fingerprint density at radius 3 is 1.91 bits per heavy atom. The van der Waals surface area contributed by atoms with Crippen LogP contribution in [0.3, 0.4) is 0 Å². The summed E-state index contributed by atoms with van der Waals surface area (Å²) < 4.78 is 69.7. The molecule has 0 heterocycles. The monoisotopic (exact) mass is 450 g/mol. The predicted molar refractivity (Wildman–Crippen MR) is 119 cm³/mol. The van der Waals surface area contributed by atoms with Gasteiger partial charge in [-0.1, -0.05) is 30.9 Å². The number of hydrogen-bond acceptors (Lipinski definition) is 0. The summed E-state index contributed by atoms with van der Waals surface area (Å²) in [5.74, 6) is 1.97. The molecule has 4 aromatic rings. The lowest BCUT2D eigenvalue weighted by molar-refractivity contribution is 0.511. The van der Waals surface area contributed by atoms with E-state index in [4.69, 9.17) is 0 Å². The molecular weight excluding hydrogens is 431 g/mol. The Kier molecular flexibility index (Phi) is 6.46. The van der Waals surface area contributed by atoms with Crippen LogP contribution in [0.15, 0.2) is 60.7 Å². The maximum atomic E-state index is 14.5. The highest BCUT2D eigenvalue weighted by Crippen LogP contribution is 2.21. The molecule has 5 heteroatoms. The highest BCUT2D eigenvalue weighted by molar-refractivity contribution is 5.84. The summed E-state index contributed by atoms with van der Waals surface area (Å²) in [6.07, 6.45) is 0.924. The van der Waals surface area contributed by atoms with Crippen LogP contribution in [-0.2, 0) is 19.3 Å². The molecule has 0 aliphatic heterocycles. The number of hydrogen-bond donors (Lipinski definition) is 0. The molecule has 0 saturated carbocycles. The second-order valence-electron chi connectivity index (χ2n) is 7.78. The van der Waals surface area contributed by atoms with Crippen LogP contribution in [0.1, 0.15) is 34.7 Å². The lowest BCUT2D eigenvalue weighted by atomic mass is 10.00. The molecule has 166 valence electrons. The molecule has 0 aromatic heterocycles. The number of halogens is 5. The second kappa shape index (κ2) is 9.46. The van der Waals surface area contributed by atoms with Crippen LogP contribution in [0.4, 0.5) is 22.0 Å². The Labute approximate surface area is 188 Å². The van der Waals surface area contributed by atoms with E-state index in [2.05, 4.69) is 11.8 Å². The van der Waals surface area contributed by atoms with Gasteiger partial charge in [0.1, 0.15) is 17.5 Å². The third-order valence-corrected chi connectivity index (χ3v) is 5.53. The summed E-state index contributed by atoms with van der Waals surface area (Å²) in [7, 11) is 0. The Hall–Kier alpha value is -3.65. The molecule has 33 heavy (non-hydrogen) atoms. The maximum Gasteiger partial charge on any atom is 0.159 e. The molecule has 4 rings (SSSR count). The van der Waals surface area contributed by atoms with Crippen molar-refractivity contribution in [3.63, 3.8) is 0 Å². The molecule has 0 saturated heterocycles. The summed E-state index contributed by atoms with van der Waals surface area (Å²) >= 11 is 0. The van der Waals surface area contributed by atoms with Crippen molar-refractivity contribution < 1.29 is 22.0 Å². The molecule has 0 amide bonds.